The van der Waals surface area contributed by atoms with E-state index in [0.29, 0.717) is 0 Å². The van der Waals surface area contributed by atoms with E-state index >= 15 is 0 Å². The lowest BCUT2D eigenvalue weighted by atomic mass is 10.3. The topological polar surface area (TPSA) is 24.1 Å². The van der Waals surface area contributed by atoms with Gasteiger partial charge in [0.15, 0.2) is 0 Å². The fourth-order valence-corrected chi connectivity index (χ4v) is 0.771. The molecule has 1 aromatic rings. The summed E-state index contributed by atoms with van der Waals surface area (Å²) >= 11 is 0. The second-order valence-corrected chi connectivity index (χ2v) is 1.92. The second-order valence-electron chi connectivity index (χ2n) is 1.64. The fraction of sp³-hybridized carbons (Fsp3) is 0. The van der Waals surface area contributed by atoms with Crippen LogP contribution in [0.1, 0.15) is 0 Å². The number of anilines is 1. The molecule has 3 heteroatoms. The van der Waals surface area contributed by atoms with E-state index in [9.17, 15) is 0 Å². The summed E-state index contributed by atoms with van der Waals surface area (Å²) in [6.07, 6.45) is 0. The van der Waals surface area contributed by atoms with Crippen LogP contribution >= 0.6 is 9.39 Å². The minimum atomic E-state index is 1.06. The Kier molecular flexibility index (Phi) is 2.49. The normalized spacial score (nSPS) is 9.00. The van der Waals surface area contributed by atoms with Gasteiger partial charge in [0.05, 0.1) is 0 Å². The Balaban J connectivity index is 2.61. The molecule has 0 heterocycles. The Morgan fingerprint density at radius 3 is 2.33 bits per heavy atom. The third-order valence-corrected chi connectivity index (χ3v) is 1.13. The van der Waals surface area contributed by atoms with E-state index in [4.69, 9.17) is 0 Å². The van der Waals surface area contributed by atoms with Gasteiger partial charge in [0.25, 0.3) is 0 Å². The summed E-state index contributed by atoms with van der Waals surface area (Å²) in [5, 5.41) is 2.75. The first-order valence-electron chi connectivity index (χ1n) is 2.70. The van der Waals surface area contributed by atoms with Crippen LogP contribution < -0.4 is 10.6 Å². The molecule has 0 saturated heterocycles. The maximum absolute atomic E-state index is 2.92. The molecule has 1 unspecified atom stereocenters. The smallest absolute Gasteiger partial charge is 0.0490 e. The molecule has 0 saturated carbocycles. The Morgan fingerprint density at radius 2 is 1.78 bits per heavy atom. The Labute approximate surface area is 56.9 Å². The monoisotopic (exact) mass is 140 g/mol. The van der Waals surface area contributed by atoms with Crippen LogP contribution in [-0.4, -0.2) is 0 Å². The van der Waals surface area contributed by atoms with Gasteiger partial charge in [-0.05, 0) is 21.5 Å². The zero-order valence-corrected chi connectivity index (χ0v) is 6.12. The standard InChI is InChI=1S/C6H9N2P/c9-8-7-6-4-2-1-3-5-6/h1-5,7-8H,9H2. The summed E-state index contributed by atoms with van der Waals surface area (Å²) in [6, 6.07) is 9.90. The second kappa shape index (κ2) is 3.44. The van der Waals surface area contributed by atoms with Gasteiger partial charge < -0.3 is 5.43 Å². The maximum atomic E-state index is 2.92. The van der Waals surface area contributed by atoms with Gasteiger partial charge in [-0.2, -0.15) is 0 Å². The highest BCUT2D eigenvalue weighted by atomic mass is 31.0. The number of hydrazine groups is 1. The lowest BCUT2D eigenvalue weighted by molar-refractivity contribution is 1.22. The summed E-state index contributed by atoms with van der Waals surface area (Å²) in [5.74, 6) is 0. The van der Waals surface area contributed by atoms with Crippen molar-refractivity contribution >= 4 is 15.1 Å². The molecule has 0 spiro atoms. The largest absolute Gasteiger partial charge is 0.318 e. The van der Waals surface area contributed by atoms with Crippen molar-refractivity contribution in [3.8, 4) is 0 Å². The van der Waals surface area contributed by atoms with Gasteiger partial charge >= 0.3 is 0 Å². The SMILES string of the molecule is PNNc1ccccc1. The molecule has 1 rings (SSSR count). The number of hydrogen-bond donors (Lipinski definition) is 2. The van der Waals surface area contributed by atoms with Crippen molar-refractivity contribution in [2.45, 2.75) is 0 Å². The van der Waals surface area contributed by atoms with E-state index < -0.39 is 0 Å². The molecule has 0 bridgehead atoms. The average Bonchev–Trinajstić information content (AvgIpc) is 1.91. The molecule has 48 valence electrons. The molecular formula is C6H9N2P. The van der Waals surface area contributed by atoms with Crippen LogP contribution in [0.4, 0.5) is 5.69 Å². The lowest BCUT2D eigenvalue weighted by Crippen LogP contribution is -2.06. The molecule has 0 aromatic heterocycles. The van der Waals surface area contributed by atoms with Gasteiger partial charge in [0.1, 0.15) is 0 Å². The van der Waals surface area contributed by atoms with Gasteiger partial charge in [-0.3, -0.25) is 0 Å². The summed E-state index contributed by atoms with van der Waals surface area (Å²) < 4.78 is 0. The molecule has 0 amide bonds. The third-order valence-electron chi connectivity index (χ3n) is 0.990. The van der Waals surface area contributed by atoms with Crippen molar-refractivity contribution in [1.82, 2.24) is 5.20 Å². The van der Waals surface area contributed by atoms with Gasteiger partial charge in [-0.1, -0.05) is 18.2 Å². The Hall–Kier alpha value is -0.590. The maximum Gasteiger partial charge on any atom is 0.0490 e. The zero-order valence-electron chi connectivity index (χ0n) is 4.96. The molecular weight excluding hydrogens is 131 g/mol. The molecule has 9 heavy (non-hydrogen) atoms. The Morgan fingerprint density at radius 1 is 1.11 bits per heavy atom. The molecule has 1 aromatic carbocycles. The van der Waals surface area contributed by atoms with Gasteiger partial charge in [-0.25, -0.2) is 5.20 Å². The first-order valence-corrected chi connectivity index (χ1v) is 3.28. The van der Waals surface area contributed by atoms with E-state index in [-0.39, 0.29) is 0 Å². The molecule has 0 radical (unpaired) electrons. The van der Waals surface area contributed by atoms with Crippen LogP contribution in [0.3, 0.4) is 0 Å². The molecule has 0 aliphatic heterocycles. The van der Waals surface area contributed by atoms with Gasteiger partial charge in [0.2, 0.25) is 0 Å². The number of hydrogen-bond acceptors (Lipinski definition) is 2. The van der Waals surface area contributed by atoms with Crippen molar-refractivity contribution in [2.75, 3.05) is 5.43 Å². The van der Waals surface area contributed by atoms with Gasteiger partial charge in [-0.15, -0.1) is 0 Å². The number of para-hydroxylation sites is 1. The van der Waals surface area contributed by atoms with E-state index in [2.05, 4.69) is 20.0 Å². The highest BCUT2D eigenvalue weighted by molar-refractivity contribution is 7.13. The Bertz CT molecular complexity index is 164. The van der Waals surface area contributed by atoms with Crippen molar-refractivity contribution in [3.05, 3.63) is 30.3 Å². The highest BCUT2D eigenvalue weighted by Gasteiger charge is 1.81. The van der Waals surface area contributed by atoms with E-state index in [1.54, 1.807) is 0 Å². The summed E-state index contributed by atoms with van der Waals surface area (Å²) in [5.41, 5.74) is 3.98. The first-order chi connectivity index (χ1) is 4.43. The van der Waals surface area contributed by atoms with Crippen LogP contribution in [0.25, 0.3) is 0 Å². The molecule has 0 aliphatic rings. The molecule has 2 nitrogen and oxygen atoms in total. The lowest BCUT2D eigenvalue weighted by Gasteiger charge is -2.00. The summed E-state index contributed by atoms with van der Waals surface area (Å²) in [6.45, 7) is 0. The molecule has 0 fully saturated rings. The minimum Gasteiger partial charge on any atom is -0.318 e. The van der Waals surface area contributed by atoms with Crippen molar-refractivity contribution < 1.29 is 0 Å². The summed E-state index contributed by atoms with van der Waals surface area (Å²) in [4.78, 5) is 0. The van der Waals surface area contributed by atoms with Crippen molar-refractivity contribution in [1.29, 1.82) is 0 Å². The first kappa shape index (κ1) is 6.53. The van der Waals surface area contributed by atoms with Crippen molar-refractivity contribution in [3.63, 3.8) is 0 Å². The van der Waals surface area contributed by atoms with Crippen LogP contribution in [0.2, 0.25) is 0 Å². The quantitative estimate of drug-likeness (QED) is 0.479. The van der Waals surface area contributed by atoms with E-state index in [1.165, 1.54) is 0 Å². The number of benzene rings is 1. The molecule has 0 aliphatic carbocycles. The minimum absolute atomic E-state index is 1.06. The van der Waals surface area contributed by atoms with Crippen LogP contribution in [0.5, 0.6) is 0 Å². The molecule has 1 atom stereocenters. The average molecular weight is 140 g/mol. The number of rotatable bonds is 2. The number of nitrogens with one attached hydrogen (secondary N) is 2. The van der Waals surface area contributed by atoms with E-state index in [0.717, 1.165) is 5.69 Å². The highest BCUT2D eigenvalue weighted by Crippen LogP contribution is 2.02. The zero-order chi connectivity index (χ0) is 6.53. The summed E-state index contributed by atoms with van der Waals surface area (Å²) in [7, 11) is 2.37. The third kappa shape index (κ3) is 2.00. The van der Waals surface area contributed by atoms with Crippen molar-refractivity contribution in [2.24, 2.45) is 0 Å². The molecule has 2 N–H and O–H groups in total. The van der Waals surface area contributed by atoms with E-state index in [1.807, 2.05) is 30.3 Å². The predicted octanol–water partition coefficient (Wildman–Crippen LogP) is 1.39. The predicted molar refractivity (Wildman–Crippen MR) is 42.9 cm³/mol. The van der Waals surface area contributed by atoms with Crippen LogP contribution in [0, 0.1) is 0 Å². The van der Waals surface area contributed by atoms with Gasteiger partial charge in [0, 0.05) is 5.69 Å². The van der Waals surface area contributed by atoms with Crippen LogP contribution in [-0.2, 0) is 0 Å². The fourth-order valence-electron chi connectivity index (χ4n) is 0.605. The van der Waals surface area contributed by atoms with Crippen LogP contribution in [0.15, 0.2) is 30.3 Å².